The molecule has 0 radical (unpaired) electrons. The van der Waals surface area contributed by atoms with Gasteiger partial charge in [0.2, 0.25) is 5.91 Å². The number of carbonyl (C=O) groups excluding carboxylic acids is 2. The molecule has 1 heterocycles. The average molecular weight is 386 g/mol. The van der Waals surface area contributed by atoms with Crippen LogP contribution in [-0.4, -0.2) is 54.3 Å². The second kappa shape index (κ2) is 10.00. The molecule has 7 heteroatoms. The van der Waals surface area contributed by atoms with Crippen molar-refractivity contribution >= 4 is 35.0 Å². The van der Waals surface area contributed by atoms with E-state index < -0.39 is 0 Å². The van der Waals surface area contributed by atoms with E-state index in [0.29, 0.717) is 54.8 Å². The van der Waals surface area contributed by atoms with Gasteiger partial charge in [0, 0.05) is 32.6 Å². The van der Waals surface area contributed by atoms with Gasteiger partial charge < -0.3 is 15.5 Å². The number of carbonyl (C=O) groups is 2. The molecule has 0 saturated carbocycles. The Hall–Kier alpha value is -1.30. The minimum absolute atomic E-state index is 0.163. The van der Waals surface area contributed by atoms with Gasteiger partial charge in [-0.2, -0.15) is 0 Å². The Labute approximate surface area is 159 Å². The molecule has 1 saturated heterocycles. The summed E-state index contributed by atoms with van der Waals surface area (Å²) in [7, 11) is 0. The molecule has 0 aliphatic carbocycles. The number of rotatable bonds is 7. The van der Waals surface area contributed by atoms with Gasteiger partial charge in [-0.05, 0) is 31.5 Å². The van der Waals surface area contributed by atoms with Crippen LogP contribution < -0.4 is 5.73 Å². The minimum Gasteiger partial charge on any atom is -0.339 e. The molecule has 0 atom stereocenters. The number of hydrogen-bond donors (Lipinski definition) is 1. The number of nitrogens with zero attached hydrogens (tertiary/aromatic N) is 2. The molecule has 0 unspecified atom stereocenters. The van der Waals surface area contributed by atoms with Crippen molar-refractivity contribution in [2.24, 2.45) is 5.73 Å². The van der Waals surface area contributed by atoms with Crippen molar-refractivity contribution in [2.45, 2.75) is 32.1 Å². The maximum absolute atomic E-state index is 12.6. The quantitative estimate of drug-likeness (QED) is 0.732. The first-order valence-electron chi connectivity index (χ1n) is 8.75. The maximum atomic E-state index is 12.6. The van der Waals surface area contributed by atoms with E-state index in [2.05, 4.69) is 0 Å². The number of hydrogen-bond acceptors (Lipinski definition) is 3. The van der Waals surface area contributed by atoms with E-state index in [-0.39, 0.29) is 11.8 Å². The van der Waals surface area contributed by atoms with Crippen molar-refractivity contribution in [1.29, 1.82) is 0 Å². The zero-order chi connectivity index (χ0) is 18.2. The Morgan fingerprint density at radius 3 is 2.08 bits per heavy atom. The monoisotopic (exact) mass is 385 g/mol. The number of unbranched alkanes of at least 4 members (excludes halogenated alkanes) is 3. The third-order valence-electron chi connectivity index (χ3n) is 4.44. The van der Waals surface area contributed by atoms with Gasteiger partial charge in [0.1, 0.15) is 0 Å². The number of piperazine rings is 1. The van der Waals surface area contributed by atoms with Gasteiger partial charge in [0.15, 0.2) is 0 Å². The van der Waals surface area contributed by atoms with Gasteiger partial charge in [-0.3, -0.25) is 9.59 Å². The average Bonchev–Trinajstić information content (AvgIpc) is 2.61. The first-order chi connectivity index (χ1) is 12.0. The highest BCUT2D eigenvalue weighted by Gasteiger charge is 2.26. The fraction of sp³-hybridized carbons (Fsp3) is 0.556. The van der Waals surface area contributed by atoms with Crippen molar-refractivity contribution in [3.05, 3.63) is 33.8 Å². The number of amides is 2. The fourth-order valence-corrected chi connectivity index (χ4v) is 3.51. The van der Waals surface area contributed by atoms with Crippen LogP contribution in [-0.2, 0) is 4.79 Å². The largest absolute Gasteiger partial charge is 0.339 e. The molecule has 0 spiro atoms. The van der Waals surface area contributed by atoms with Crippen molar-refractivity contribution < 1.29 is 9.59 Å². The molecule has 1 aromatic rings. The van der Waals surface area contributed by atoms with Gasteiger partial charge in [-0.25, -0.2) is 0 Å². The fourth-order valence-electron chi connectivity index (χ4n) is 2.95. The Kier molecular flexibility index (Phi) is 8.00. The lowest BCUT2D eigenvalue weighted by Gasteiger charge is -2.35. The van der Waals surface area contributed by atoms with Crippen molar-refractivity contribution in [1.82, 2.24) is 9.80 Å². The summed E-state index contributed by atoms with van der Waals surface area (Å²) in [5.74, 6) is -0.0138. The topological polar surface area (TPSA) is 66.6 Å². The van der Waals surface area contributed by atoms with Crippen LogP contribution in [0.4, 0.5) is 0 Å². The molecule has 2 N–H and O–H groups in total. The van der Waals surface area contributed by atoms with Gasteiger partial charge in [-0.15, -0.1) is 0 Å². The van der Waals surface area contributed by atoms with E-state index in [1.165, 1.54) is 0 Å². The highest BCUT2D eigenvalue weighted by Crippen LogP contribution is 2.26. The summed E-state index contributed by atoms with van der Waals surface area (Å²) in [6.45, 7) is 2.81. The zero-order valence-corrected chi connectivity index (χ0v) is 15.9. The summed E-state index contributed by atoms with van der Waals surface area (Å²) in [4.78, 5) is 28.4. The second-order valence-corrected chi connectivity index (χ2v) is 7.04. The number of benzene rings is 1. The molecule has 1 aliphatic rings. The van der Waals surface area contributed by atoms with E-state index in [0.717, 1.165) is 25.7 Å². The Morgan fingerprint density at radius 1 is 0.920 bits per heavy atom. The van der Waals surface area contributed by atoms with E-state index >= 15 is 0 Å². The first kappa shape index (κ1) is 20.0. The number of nitrogens with two attached hydrogens (primary N) is 1. The summed E-state index contributed by atoms with van der Waals surface area (Å²) in [5.41, 5.74) is 5.80. The molecular weight excluding hydrogens is 361 g/mol. The molecule has 0 aromatic heterocycles. The molecule has 138 valence electrons. The molecule has 2 rings (SSSR count). The Bertz CT molecular complexity index is 582. The molecular formula is C18H25Cl2N3O2. The van der Waals surface area contributed by atoms with E-state index in [1.807, 2.05) is 4.90 Å². The number of halogens is 2. The summed E-state index contributed by atoms with van der Waals surface area (Å²) in [5, 5.41) is 0.710. The third kappa shape index (κ3) is 5.59. The van der Waals surface area contributed by atoms with E-state index in [9.17, 15) is 9.59 Å². The maximum Gasteiger partial charge on any atom is 0.257 e. The van der Waals surface area contributed by atoms with Crippen LogP contribution in [0.25, 0.3) is 0 Å². The lowest BCUT2D eigenvalue weighted by atomic mass is 10.1. The normalized spacial score (nSPS) is 14.7. The highest BCUT2D eigenvalue weighted by molar-refractivity contribution is 6.39. The van der Waals surface area contributed by atoms with Crippen LogP contribution in [0.15, 0.2) is 18.2 Å². The van der Waals surface area contributed by atoms with Gasteiger partial charge in [-0.1, -0.05) is 42.1 Å². The Balaban J connectivity index is 1.81. The van der Waals surface area contributed by atoms with Gasteiger partial charge >= 0.3 is 0 Å². The van der Waals surface area contributed by atoms with Gasteiger partial charge in [0.05, 0.1) is 15.6 Å². The van der Waals surface area contributed by atoms with Crippen LogP contribution in [0.2, 0.25) is 10.0 Å². The molecule has 1 aromatic carbocycles. The second-order valence-electron chi connectivity index (χ2n) is 6.22. The summed E-state index contributed by atoms with van der Waals surface area (Å²) in [6, 6.07) is 5.03. The first-order valence-corrected chi connectivity index (χ1v) is 9.51. The van der Waals surface area contributed by atoms with Crippen LogP contribution in [0.1, 0.15) is 42.5 Å². The van der Waals surface area contributed by atoms with Crippen LogP contribution >= 0.6 is 23.2 Å². The van der Waals surface area contributed by atoms with E-state index in [1.54, 1.807) is 23.1 Å². The predicted molar refractivity (Wildman–Crippen MR) is 101 cm³/mol. The minimum atomic E-state index is -0.176. The lowest BCUT2D eigenvalue weighted by Crippen LogP contribution is -2.50. The molecule has 5 nitrogen and oxygen atoms in total. The predicted octanol–water partition coefficient (Wildman–Crippen LogP) is 3.19. The SMILES string of the molecule is NCCCCCCC(=O)N1CCN(C(=O)c2c(Cl)cccc2Cl)CC1. The Morgan fingerprint density at radius 2 is 1.48 bits per heavy atom. The zero-order valence-electron chi connectivity index (χ0n) is 14.3. The summed E-state index contributed by atoms with van der Waals surface area (Å²) < 4.78 is 0. The van der Waals surface area contributed by atoms with Crippen LogP contribution in [0.3, 0.4) is 0 Å². The van der Waals surface area contributed by atoms with Crippen molar-refractivity contribution in [3.63, 3.8) is 0 Å². The summed E-state index contributed by atoms with van der Waals surface area (Å²) in [6.07, 6.45) is 4.58. The van der Waals surface area contributed by atoms with Gasteiger partial charge in [0.25, 0.3) is 5.91 Å². The molecule has 2 amide bonds. The smallest absolute Gasteiger partial charge is 0.257 e. The summed E-state index contributed by atoms with van der Waals surface area (Å²) >= 11 is 12.2. The lowest BCUT2D eigenvalue weighted by molar-refractivity contribution is -0.132. The van der Waals surface area contributed by atoms with Crippen LogP contribution in [0, 0.1) is 0 Å². The van der Waals surface area contributed by atoms with E-state index in [4.69, 9.17) is 28.9 Å². The highest BCUT2D eigenvalue weighted by atomic mass is 35.5. The van der Waals surface area contributed by atoms with Crippen molar-refractivity contribution in [2.75, 3.05) is 32.7 Å². The van der Waals surface area contributed by atoms with Crippen LogP contribution in [0.5, 0.6) is 0 Å². The molecule has 1 fully saturated rings. The molecule has 25 heavy (non-hydrogen) atoms. The molecule has 0 bridgehead atoms. The van der Waals surface area contributed by atoms with Crippen molar-refractivity contribution in [3.8, 4) is 0 Å². The third-order valence-corrected chi connectivity index (χ3v) is 5.07. The molecule has 1 aliphatic heterocycles. The standard InChI is InChI=1S/C18H25Cl2N3O2/c19-14-6-5-7-15(20)17(14)18(25)23-12-10-22(11-13-23)16(24)8-3-1-2-4-9-21/h5-7H,1-4,8-13,21H2.